The van der Waals surface area contributed by atoms with Crippen molar-refractivity contribution in [1.82, 2.24) is 4.98 Å². The zero-order chi connectivity index (χ0) is 24.9. The number of nitrogens with zero attached hydrogens (tertiary/aromatic N) is 1. The van der Waals surface area contributed by atoms with Gasteiger partial charge >= 0.3 is 19.2 Å². The Labute approximate surface area is 198 Å². The molecule has 3 aromatic rings. The van der Waals surface area contributed by atoms with Gasteiger partial charge in [-0.15, -0.1) is 0 Å². The molecule has 34 heavy (non-hydrogen) atoms. The fourth-order valence-electron chi connectivity index (χ4n) is 3.94. The third-order valence-corrected chi connectivity index (χ3v) is 7.11. The number of pyridine rings is 1. The number of aryl methyl sites for hydroxylation is 1. The van der Waals surface area contributed by atoms with E-state index in [0.29, 0.717) is 17.7 Å². The van der Waals surface area contributed by atoms with Gasteiger partial charge in [0.15, 0.2) is 5.60 Å². The predicted molar refractivity (Wildman–Crippen MR) is 128 cm³/mol. The van der Waals surface area contributed by atoms with E-state index in [1.54, 1.807) is 13.0 Å². The summed E-state index contributed by atoms with van der Waals surface area (Å²) in [6.45, 7) is 3.57. The van der Waals surface area contributed by atoms with Crippen molar-refractivity contribution in [2.24, 2.45) is 0 Å². The predicted octanol–water partition coefficient (Wildman–Crippen LogP) is 5.15. The van der Waals surface area contributed by atoms with E-state index in [1.165, 1.54) is 36.4 Å². The lowest BCUT2D eigenvalue weighted by Crippen LogP contribution is -2.55. The zero-order valence-electron chi connectivity index (χ0n) is 18.9. The van der Waals surface area contributed by atoms with Crippen LogP contribution in [0, 0.1) is 12.7 Å². The summed E-state index contributed by atoms with van der Waals surface area (Å²) < 4.78 is 26.2. The molecule has 0 saturated heterocycles. The second kappa shape index (κ2) is 10.3. The quantitative estimate of drug-likeness (QED) is 0.288. The second-order valence-corrected chi connectivity index (χ2v) is 9.30. The Hall–Kier alpha value is -3.25. The molecule has 0 aliphatic carbocycles. The number of carbonyl (C=O) groups is 1. The molecule has 1 aromatic heterocycles. The van der Waals surface area contributed by atoms with Crippen LogP contribution in [0.15, 0.2) is 78.9 Å². The van der Waals surface area contributed by atoms with Gasteiger partial charge in [-0.3, -0.25) is 0 Å². The van der Waals surface area contributed by atoms with Crippen molar-refractivity contribution in [1.29, 1.82) is 0 Å². The molecule has 176 valence electrons. The number of hydrogen-bond donors (Lipinski definition) is 3. The molecule has 1 heterocycles. The third kappa shape index (κ3) is 4.68. The number of aliphatic hydroxyl groups is 1. The Balaban J connectivity index is 2.33. The number of rotatable bonds is 9. The number of hydrogen-bond acceptors (Lipinski definition) is 4. The van der Waals surface area contributed by atoms with Crippen LogP contribution >= 0.6 is 8.03 Å². The SMILES string of the molecule is CCC=CC(C(=O)O)([P+](=O)O)C(O)(Cc1ccc(F)cc1)c1ccc(C)c(-c2ccccc2)n1. The Morgan fingerprint density at radius 3 is 2.29 bits per heavy atom. The highest BCUT2D eigenvalue weighted by Crippen LogP contribution is 2.52. The Morgan fingerprint density at radius 2 is 1.74 bits per heavy atom. The van der Waals surface area contributed by atoms with E-state index in [-0.39, 0.29) is 12.1 Å². The van der Waals surface area contributed by atoms with E-state index in [4.69, 9.17) is 0 Å². The first-order chi connectivity index (χ1) is 16.2. The average Bonchev–Trinajstić information content (AvgIpc) is 2.81. The van der Waals surface area contributed by atoms with Crippen LogP contribution < -0.4 is 0 Å². The van der Waals surface area contributed by atoms with E-state index in [2.05, 4.69) is 4.98 Å². The van der Waals surface area contributed by atoms with E-state index < -0.39 is 30.6 Å². The lowest BCUT2D eigenvalue weighted by Gasteiger charge is -2.34. The molecular formula is C26H26FNO5P+. The van der Waals surface area contributed by atoms with Gasteiger partial charge in [0.25, 0.3) is 0 Å². The number of carboxylic acid groups (broad SMARTS) is 1. The number of carboxylic acids is 1. The van der Waals surface area contributed by atoms with Gasteiger partial charge in [0.05, 0.1) is 11.4 Å². The smallest absolute Gasteiger partial charge is 0.477 e. The summed E-state index contributed by atoms with van der Waals surface area (Å²) in [6.07, 6.45) is 2.49. The maximum absolute atomic E-state index is 13.5. The van der Waals surface area contributed by atoms with Crippen molar-refractivity contribution in [3.8, 4) is 11.3 Å². The topological polar surface area (TPSA) is 108 Å². The van der Waals surface area contributed by atoms with Gasteiger partial charge in [0.1, 0.15) is 5.82 Å². The van der Waals surface area contributed by atoms with Crippen molar-refractivity contribution in [3.05, 3.63) is 102 Å². The molecule has 0 aliphatic rings. The first kappa shape index (κ1) is 25.4. The van der Waals surface area contributed by atoms with Gasteiger partial charge in [-0.2, -0.15) is 4.89 Å². The lowest BCUT2D eigenvalue weighted by atomic mass is 9.77. The highest BCUT2D eigenvalue weighted by molar-refractivity contribution is 7.42. The molecule has 0 amide bonds. The summed E-state index contributed by atoms with van der Waals surface area (Å²) in [5, 5.41) is 19.7. The molecule has 2 aromatic carbocycles. The van der Waals surface area contributed by atoms with Crippen LogP contribution in [0.4, 0.5) is 4.39 Å². The van der Waals surface area contributed by atoms with Crippen LogP contribution in [-0.4, -0.2) is 31.2 Å². The number of halogens is 1. The molecule has 8 heteroatoms. The van der Waals surface area contributed by atoms with Crippen LogP contribution in [0.5, 0.6) is 0 Å². The first-order valence-corrected chi connectivity index (χ1v) is 11.9. The minimum atomic E-state index is -3.49. The maximum Gasteiger partial charge on any atom is 0.531 e. The molecule has 3 unspecified atom stereocenters. The maximum atomic E-state index is 13.5. The van der Waals surface area contributed by atoms with Crippen LogP contribution in [0.3, 0.4) is 0 Å². The van der Waals surface area contributed by atoms with Crippen LogP contribution in [-0.2, 0) is 21.4 Å². The summed E-state index contributed by atoms with van der Waals surface area (Å²) >= 11 is 0. The van der Waals surface area contributed by atoms with E-state index in [0.717, 1.165) is 17.2 Å². The molecule has 3 atom stereocenters. The second-order valence-electron chi connectivity index (χ2n) is 8.05. The first-order valence-electron chi connectivity index (χ1n) is 10.7. The molecule has 6 nitrogen and oxygen atoms in total. The number of aromatic nitrogens is 1. The van der Waals surface area contributed by atoms with E-state index in [1.807, 2.05) is 37.3 Å². The Morgan fingerprint density at radius 1 is 1.09 bits per heavy atom. The number of allylic oxidation sites excluding steroid dienone is 1. The van der Waals surface area contributed by atoms with Gasteiger partial charge in [0.2, 0.25) is 0 Å². The van der Waals surface area contributed by atoms with Crippen molar-refractivity contribution in [2.45, 2.75) is 37.4 Å². The summed E-state index contributed by atoms with van der Waals surface area (Å²) in [7, 11) is -3.49. The minimum absolute atomic E-state index is 0.0816. The standard InChI is InChI=1S/C26H25FNO5P/c1-3-4-16-26(24(29)30,34(32)33)25(31,17-19-11-13-21(27)14-12-19)22-15-10-18(2)23(28-22)20-8-6-5-7-9-20/h4-16,31H,3,17H2,1-2H3,(H-,29,30,32,33)/p+1. The van der Waals surface area contributed by atoms with Gasteiger partial charge in [-0.1, -0.05) is 61.5 Å². The highest BCUT2D eigenvalue weighted by Gasteiger charge is 2.70. The molecule has 0 bridgehead atoms. The average molecular weight is 482 g/mol. The highest BCUT2D eigenvalue weighted by atomic mass is 31.1. The Bertz CT molecular complexity index is 1200. The van der Waals surface area contributed by atoms with Gasteiger partial charge in [-0.05, 0) is 53.3 Å². The molecule has 3 N–H and O–H groups in total. The van der Waals surface area contributed by atoms with Crippen LogP contribution in [0.2, 0.25) is 0 Å². The normalized spacial score (nSPS) is 15.5. The molecule has 0 aliphatic heterocycles. The van der Waals surface area contributed by atoms with Crippen molar-refractivity contribution in [3.63, 3.8) is 0 Å². The largest absolute Gasteiger partial charge is 0.531 e. The van der Waals surface area contributed by atoms with Crippen molar-refractivity contribution in [2.75, 3.05) is 0 Å². The summed E-state index contributed by atoms with van der Waals surface area (Å²) in [6, 6.07) is 17.4. The Kier molecular flexibility index (Phi) is 7.72. The van der Waals surface area contributed by atoms with E-state index >= 15 is 0 Å². The van der Waals surface area contributed by atoms with Crippen LogP contribution in [0.1, 0.15) is 30.2 Å². The molecule has 3 rings (SSSR count). The van der Waals surface area contributed by atoms with Gasteiger partial charge in [0, 0.05) is 12.0 Å². The van der Waals surface area contributed by atoms with Crippen molar-refractivity contribution >= 4 is 14.0 Å². The molecule has 0 radical (unpaired) electrons. The fraction of sp³-hybridized carbons (Fsp3) is 0.231. The zero-order valence-corrected chi connectivity index (χ0v) is 19.7. The van der Waals surface area contributed by atoms with E-state index in [9.17, 15) is 28.9 Å². The molecule has 0 fully saturated rings. The minimum Gasteiger partial charge on any atom is -0.477 e. The molecule has 0 spiro atoms. The third-order valence-electron chi connectivity index (χ3n) is 5.79. The summed E-state index contributed by atoms with van der Waals surface area (Å²) in [5.74, 6) is -2.18. The van der Waals surface area contributed by atoms with Crippen molar-refractivity contribution < 1.29 is 28.9 Å². The molecule has 0 saturated carbocycles. The van der Waals surface area contributed by atoms with Gasteiger partial charge in [-0.25, -0.2) is 14.2 Å². The summed E-state index contributed by atoms with van der Waals surface area (Å²) in [5.41, 5.74) is -0.131. The fourth-order valence-corrected chi connectivity index (χ4v) is 4.85. The number of aliphatic carboxylic acids is 1. The number of benzene rings is 2. The van der Waals surface area contributed by atoms with Crippen LogP contribution in [0.25, 0.3) is 11.3 Å². The monoisotopic (exact) mass is 482 g/mol. The lowest BCUT2D eigenvalue weighted by molar-refractivity contribution is -0.147. The molecular weight excluding hydrogens is 456 g/mol. The summed E-state index contributed by atoms with van der Waals surface area (Å²) in [4.78, 5) is 27.6. The van der Waals surface area contributed by atoms with Gasteiger partial charge < -0.3 is 10.2 Å².